The first-order chi connectivity index (χ1) is 7.58. The Balaban J connectivity index is 2.21. The molecule has 0 saturated carbocycles. The second kappa shape index (κ2) is 4.85. The summed E-state index contributed by atoms with van der Waals surface area (Å²) in [6.45, 7) is 5.17. The molecule has 16 heavy (non-hydrogen) atoms. The third kappa shape index (κ3) is 2.47. The minimum absolute atomic E-state index is 0.296. The molecule has 0 radical (unpaired) electrons. The molecule has 1 aromatic heterocycles. The van der Waals surface area contributed by atoms with E-state index < -0.39 is 0 Å². The van der Waals surface area contributed by atoms with Gasteiger partial charge in [0.1, 0.15) is 5.82 Å². The quantitative estimate of drug-likeness (QED) is 0.743. The van der Waals surface area contributed by atoms with Gasteiger partial charge >= 0.3 is 0 Å². The van der Waals surface area contributed by atoms with E-state index in [9.17, 15) is 0 Å². The molecule has 2 rings (SSSR count). The Labute approximate surface area is 109 Å². The molecule has 0 N–H and O–H groups in total. The van der Waals surface area contributed by atoms with Crippen molar-refractivity contribution >= 4 is 33.3 Å². The maximum Gasteiger partial charge on any atom is 0.224 e. The molecule has 0 amide bonds. The van der Waals surface area contributed by atoms with Crippen LogP contribution in [0, 0.1) is 0 Å². The van der Waals surface area contributed by atoms with Gasteiger partial charge in [-0.3, -0.25) is 0 Å². The minimum atomic E-state index is 0.296. The largest absolute Gasteiger partial charge is 0.353 e. The summed E-state index contributed by atoms with van der Waals surface area (Å²) < 4.78 is 0.897. The van der Waals surface area contributed by atoms with Crippen molar-refractivity contribution in [1.29, 1.82) is 0 Å². The van der Waals surface area contributed by atoms with Crippen LogP contribution in [0.15, 0.2) is 10.7 Å². The molecule has 1 fully saturated rings. The van der Waals surface area contributed by atoms with Crippen LogP contribution in [0.5, 0.6) is 0 Å². The van der Waals surface area contributed by atoms with E-state index in [0.717, 1.165) is 29.9 Å². The van der Waals surface area contributed by atoms with E-state index >= 15 is 0 Å². The van der Waals surface area contributed by atoms with Gasteiger partial charge in [0, 0.05) is 31.9 Å². The number of halogens is 2. The maximum atomic E-state index is 5.82. The summed E-state index contributed by atoms with van der Waals surface area (Å²) in [7, 11) is 2.14. The van der Waals surface area contributed by atoms with E-state index in [1.807, 2.05) is 0 Å². The van der Waals surface area contributed by atoms with E-state index in [4.69, 9.17) is 11.6 Å². The highest BCUT2D eigenvalue weighted by molar-refractivity contribution is 9.10. The molecule has 1 atom stereocenters. The normalized spacial score (nSPS) is 22.5. The topological polar surface area (TPSA) is 32.3 Å². The summed E-state index contributed by atoms with van der Waals surface area (Å²) >= 11 is 9.28. The first-order valence-corrected chi connectivity index (χ1v) is 6.38. The van der Waals surface area contributed by atoms with Gasteiger partial charge < -0.3 is 9.80 Å². The molecule has 0 bridgehead atoms. The van der Waals surface area contributed by atoms with Crippen LogP contribution in [-0.2, 0) is 0 Å². The van der Waals surface area contributed by atoms with E-state index in [2.05, 4.69) is 49.7 Å². The second-order valence-electron chi connectivity index (χ2n) is 4.09. The molecule has 2 heterocycles. The molecule has 0 spiro atoms. The number of hydrogen-bond donors (Lipinski definition) is 0. The van der Waals surface area contributed by atoms with Crippen molar-refractivity contribution in [1.82, 2.24) is 14.9 Å². The highest BCUT2D eigenvalue weighted by atomic mass is 79.9. The smallest absolute Gasteiger partial charge is 0.224 e. The van der Waals surface area contributed by atoms with Crippen LogP contribution in [0.2, 0.25) is 5.28 Å². The van der Waals surface area contributed by atoms with Gasteiger partial charge in [0.25, 0.3) is 0 Å². The molecular formula is C10H14BrClN4. The fourth-order valence-electron chi connectivity index (χ4n) is 1.80. The highest BCUT2D eigenvalue weighted by Crippen LogP contribution is 2.26. The van der Waals surface area contributed by atoms with Crippen molar-refractivity contribution in [2.75, 3.05) is 31.6 Å². The Morgan fingerprint density at radius 2 is 2.25 bits per heavy atom. The molecular weight excluding hydrogens is 291 g/mol. The summed E-state index contributed by atoms with van der Waals surface area (Å²) in [5.41, 5.74) is 0. The number of rotatable bonds is 1. The lowest BCUT2D eigenvalue weighted by Gasteiger charge is -2.38. The van der Waals surface area contributed by atoms with Gasteiger partial charge in [-0.25, -0.2) is 4.98 Å². The first kappa shape index (κ1) is 12.1. The standard InChI is InChI=1S/C10H14BrClN4/c1-7-6-16(4-3-15(7)2)9-8(11)5-13-10(12)14-9/h5,7H,3-4,6H2,1-2H3. The van der Waals surface area contributed by atoms with Crippen LogP contribution in [0.3, 0.4) is 0 Å². The summed E-state index contributed by atoms with van der Waals surface area (Å²) in [4.78, 5) is 12.8. The number of likely N-dealkylation sites (N-methyl/N-ethyl adjacent to an activating group) is 1. The zero-order valence-electron chi connectivity index (χ0n) is 9.32. The van der Waals surface area contributed by atoms with Crippen molar-refractivity contribution in [2.24, 2.45) is 0 Å². The lowest BCUT2D eigenvalue weighted by atomic mass is 10.2. The molecule has 1 unspecified atom stereocenters. The number of aromatic nitrogens is 2. The molecule has 4 nitrogen and oxygen atoms in total. The molecule has 6 heteroatoms. The summed E-state index contributed by atoms with van der Waals surface area (Å²) in [6.07, 6.45) is 1.70. The van der Waals surface area contributed by atoms with Crippen LogP contribution in [0.25, 0.3) is 0 Å². The maximum absolute atomic E-state index is 5.82. The number of piperazine rings is 1. The summed E-state index contributed by atoms with van der Waals surface area (Å²) in [6, 6.07) is 0.523. The molecule has 1 aliphatic rings. The van der Waals surface area contributed by atoms with Crippen LogP contribution >= 0.6 is 27.5 Å². The average Bonchev–Trinajstić information content (AvgIpc) is 2.26. The van der Waals surface area contributed by atoms with Crippen molar-refractivity contribution in [3.8, 4) is 0 Å². The van der Waals surface area contributed by atoms with Gasteiger partial charge in [-0.1, -0.05) is 0 Å². The van der Waals surface area contributed by atoms with Crippen molar-refractivity contribution < 1.29 is 0 Å². The third-order valence-corrected chi connectivity index (χ3v) is 3.70. The number of anilines is 1. The summed E-state index contributed by atoms with van der Waals surface area (Å²) in [5, 5.41) is 0.296. The van der Waals surface area contributed by atoms with Gasteiger partial charge in [-0.2, -0.15) is 4.98 Å². The molecule has 1 aromatic rings. The minimum Gasteiger partial charge on any atom is -0.353 e. The SMILES string of the molecule is CC1CN(c2nc(Cl)ncc2Br)CCN1C. The van der Waals surface area contributed by atoms with Crippen molar-refractivity contribution in [3.63, 3.8) is 0 Å². The van der Waals surface area contributed by atoms with E-state index in [1.165, 1.54) is 0 Å². The van der Waals surface area contributed by atoms with Gasteiger partial charge in [0.15, 0.2) is 0 Å². The fourth-order valence-corrected chi connectivity index (χ4v) is 2.37. The fraction of sp³-hybridized carbons (Fsp3) is 0.600. The van der Waals surface area contributed by atoms with Gasteiger partial charge in [0.05, 0.1) is 4.47 Å². The summed E-state index contributed by atoms with van der Waals surface area (Å²) in [5.74, 6) is 0.889. The van der Waals surface area contributed by atoms with Gasteiger partial charge in [-0.15, -0.1) is 0 Å². The van der Waals surface area contributed by atoms with Crippen molar-refractivity contribution in [3.05, 3.63) is 16.0 Å². The van der Waals surface area contributed by atoms with Crippen LogP contribution in [0.4, 0.5) is 5.82 Å². The van der Waals surface area contributed by atoms with E-state index in [0.29, 0.717) is 11.3 Å². The Bertz CT molecular complexity index is 387. The number of hydrogen-bond acceptors (Lipinski definition) is 4. The molecule has 1 saturated heterocycles. The van der Waals surface area contributed by atoms with E-state index in [-0.39, 0.29) is 0 Å². The van der Waals surface area contributed by atoms with Crippen LogP contribution in [-0.4, -0.2) is 47.6 Å². The third-order valence-electron chi connectivity index (χ3n) is 2.96. The second-order valence-corrected chi connectivity index (χ2v) is 5.28. The molecule has 1 aliphatic heterocycles. The monoisotopic (exact) mass is 304 g/mol. The predicted octanol–water partition coefficient (Wildman–Crippen LogP) is 2.03. The Kier molecular flexibility index (Phi) is 3.66. The van der Waals surface area contributed by atoms with Crippen LogP contribution in [0.1, 0.15) is 6.92 Å². The molecule has 0 aliphatic carbocycles. The van der Waals surface area contributed by atoms with Gasteiger partial charge in [-0.05, 0) is 41.5 Å². The first-order valence-electron chi connectivity index (χ1n) is 5.21. The Morgan fingerprint density at radius 1 is 1.50 bits per heavy atom. The molecule has 0 aromatic carbocycles. The lowest BCUT2D eigenvalue weighted by Crippen LogP contribution is -2.50. The highest BCUT2D eigenvalue weighted by Gasteiger charge is 2.23. The van der Waals surface area contributed by atoms with Crippen molar-refractivity contribution in [2.45, 2.75) is 13.0 Å². The average molecular weight is 306 g/mol. The Morgan fingerprint density at radius 3 is 2.94 bits per heavy atom. The lowest BCUT2D eigenvalue weighted by molar-refractivity contribution is 0.233. The predicted molar refractivity (Wildman–Crippen MR) is 69.0 cm³/mol. The van der Waals surface area contributed by atoms with Gasteiger partial charge in [0.2, 0.25) is 5.28 Å². The number of nitrogens with zero attached hydrogens (tertiary/aromatic N) is 4. The zero-order chi connectivity index (χ0) is 11.7. The van der Waals surface area contributed by atoms with Crippen LogP contribution < -0.4 is 4.90 Å². The molecule has 88 valence electrons. The Hall–Kier alpha value is -0.390. The van der Waals surface area contributed by atoms with E-state index in [1.54, 1.807) is 6.20 Å². The zero-order valence-corrected chi connectivity index (χ0v) is 11.7.